The predicted octanol–water partition coefficient (Wildman–Crippen LogP) is 4.10. The van der Waals surface area contributed by atoms with Crippen molar-refractivity contribution in [2.24, 2.45) is 0 Å². The summed E-state index contributed by atoms with van der Waals surface area (Å²) in [7, 11) is 0. The SMILES string of the molecule is Cc1ccccc1-n1cc(CN2CCN(c3ccnc4cc(Cl)ccc34)CC2)nn1. The van der Waals surface area contributed by atoms with Crippen LogP contribution in [0.4, 0.5) is 5.69 Å². The molecular formula is C23H23ClN6. The minimum atomic E-state index is 0.718. The molecule has 30 heavy (non-hydrogen) atoms. The maximum absolute atomic E-state index is 6.13. The number of aryl methyl sites for hydroxylation is 1. The molecule has 1 aliphatic heterocycles. The smallest absolute Gasteiger partial charge is 0.0971 e. The summed E-state index contributed by atoms with van der Waals surface area (Å²) < 4.78 is 1.87. The number of hydrogen-bond donors (Lipinski definition) is 0. The number of aromatic nitrogens is 4. The molecule has 1 aliphatic rings. The van der Waals surface area contributed by atoms with Crippen LogP contribution >= 0.6 is 11.6 Å². The third-order valence-electron chi connectivity index (χ3n) is 5.68. The van der Waals surface area contributed by atoms with E-state index in [0.29, 0.717) is 0 Å². The lowest BCUT2D eigenvalue weighted by molar-refractivity contribution is 0.247. The lowest BCUT2D eigenvalue weighted by atomic mass is 10.1. The van der Waals surface area contributed by atoms with Crippen LogP contribution in [0.5, 0.6) is 0 Å². The van der Waals surface area contributed by atoms with Gasteiger partial charge in [-0.1, -0.05) is 35.0 Å². The molecule has 0 aliphatic carbocycles. The van der Waals surface area contributed by atoms with Gasteiger partial charge in [-0.3, -0.25) is 9.88 Å². The molecule has 0 amide bonds. The summed E-state index contributed by atoms with van der Waals surface area (Å²) in [5.41, 5.74) is 5.42. The fraction of sp³-hybridized carbons (Fsp3) is 0.261. The monoisotopic (exact) mass is 418 g/mol. The van der Waals surface area contributed by atoms with Gasteiger partial charge in [-0.05, 0) is 42.8 Å². The van der Waals surface area contributed by atoms with Crippen molar-refractivity contribution in [2.75, 3.05) is 31.1 Å². The summed E-state index contributed by atoms with van der Waals surface area (Å²) in [6.07, 6.45) is 3.90. The van der Waals surface area contributed by atoms with E-state index in [4.69, 9.17) is 11.6 Å². The minimum absolute atomic E-state index is 0.718. The van der Waals surface area contributed by atoms with Gasteiger partial charge in [0, 0.05) is 55.0 Å². The lowest BCUT2D eigenvalue weighted by Crippen LogP contribution is -2.46. The summed E-state index contributed by atoms with van der Waals surface area (Å²) in [4.78, 5) is 9.33. The van der Waals surface area contributed by atoms with Crippen molar-refractivity contribution in [1.82, 2.24) is 24.9 Å². The summed E-state index contributed by atoms with van der Waals surface area (Å²) in [5.74, 6) is 0. The van der Waals surface area contributed by atoms with E-state index in [1.807, 2.05) is 41.3 Å². The Hall–Kier alpha value is -2.96. The maximum Gasteiger partial charge on any atom is 0.0971 e. The van der Waals surface area contributed by atoms with Gasteiger partial charge < -0.3 is 4.90 Å². The molecule has 0 bridgehead atoms. The molecule has 7 heteroatoms. The highest BCUT2D eigenvalue weighted by Crippen LogP contribution is 2.28. The average Bonchev–Trinajstić information content (AvgIpc) is 3.22. The molecule has 1 fully saturated rings. The second kappa shape index (κ2) is 8.05. The molecule has 6 nitrogen and oxygen atoms in total. The number of anilines is 1. The van der Waals surface area contributed by atoms with Crippen LogP contribution in [-0.2, 0) is 6.54 Å². The molecule has 0 spiro atoms. The van der Waals surface area contributed by atoms with Gasteiger partial charge in [0.05, 0.1) is 23.1 Å². The van der Waals surface area contributed by atoms with Crippen LogP contribution < -0.4 is 4.90 Å². The molecule has 4 aromatic rings. The Kier molecular flexibility index (Phi) is 5.11. The van der Waals surface area contributed by atoms with E-state index in [9.17, 15) is 0 Å². The second-order valence-electron chi connectivity index (χ2n) is 7.70. The van der Waals surface area contributed by atoms with Crippen LogP contribution in [0.2, 0.25) is 5.02 Å². The van der Waals surface area contributed by atoms with Crippen LogP contribution in [0.15, 0.2) is 60.9 Å². The van der Waals surface area contributed by atoms with Gasteiger partial charge in [0.1, 0.15) is 0 Å². The number of para-hydroxylation sites is 1. The van der Waals surface area contributed by atoms with E-state index in [2.05, 4.69) is 56.3 Å². The van der Waals surface area contributed by atoms with Gasteiger partial charge in [-0.2, -0.15) is 0 Å². The molecular weight excluding hydrogens is 396 g/mol. The molecule has 0 atom stereocenters. The zero-order chi connectivity index (χ0) is 20.5. The molecule has 0 N–H and O–H groups in total. The average molecular weight is 419 g/mol. The fourth-order valence-corrected chi connectivity index (χ4v) is 4.23. The second-order valence-corrected chi connectivity index (χ2v) is 8.13. The zero-order valence-electron chi connectivity index (χ0n) is 16.9. The predicted molar refractivity (Wildman–Crippen MR) is 120 cm³/mol. The Morgan fingerprint density at radius 1 is 0.967 bits per heavy atom. The number of nitrogens with zero attached hydrogens (tertiary/aromatic N) is 6. The Bertz CT molecular complexity index is 1180. The highest BCUT2D eigenvalue weighted by molar-refractivity contribution is 6.31. The van der Waals surface area contributed by atoms with E-state index in [0.717, 1.165) is 60.0 Å². The molecule has 2 aromatic heterocycles. The molecule has 0 saturated carbocycles. The zero-order valence-corrected chi connectivity index (χ0v) is 17.6. The first-order valence-corrected chi connectivity index (χ1v) is 10.5. The molecule has 0 unspecified atom stereocenters. The number of rotatable bonds is 4. The van der Waals surface area contributed by atoms with Gasteiger partial charge in [0.15, 0.2) is 0 Å². The quantitative estimate of drug-likeness (QED) is 0.499. The third-order valence-corrected chi connectivity index (χ3v) is 5.92. The Balaban J connectivity index is 1.26. The van der Waals surface area contributed by atoms with Crippen molar-refractivity contribution in [1.29, 1.82) is 0 Å². The molecule has 0 radical (unpaired) electrons. The lowest BCUT2D eigenvalue weighted by Gasteiger charge is -2.36. The van der Waals surface area contributed by atoms with Crippen LogP contribution in [-0.4, -0.2) is 51.1 Å². The molecule has 3 heterocycles. The third kappa shape index (κ3) is 3.76. The fourth-order valence-electron chi connectivity index (χ4n) is 4.07. The first kappa shape index (κ1) is 19.0. The van der Waals surface area contributed by atoms with E-state index < -0.39 is 0 Å². The summed E-state index contributed by atoms with van der Waals surface area (Å²) in [5, 5.41) is 10.6. The van der Waals surface area contributed by atoms with Crippen molar-refractivity contribution in [3.8, 4) is 5.69 Å². The van der Waals surface area contributed by atoms with Gasteiger partial charge in [0.2, 0.25) is 0 Å². The minimum Gasteiger partial charge on any atom is -0.368 e. The van der Waals surface area contributed by atoms with E-state index in [1.165, 1.54) is 11.3 Å². The molecule has 152 valence electrons. The van der Waals surface area contributed by atoms with Crippen LogP contribution in [0, 0.1) is 6.92 Å². The number of pyridine rings is 1. The molecule has 2 aromatic carbocycles. The number of halogens is 1. The van der Waals surface area contributed by atoms with Crippen LogP contribution in [0.25, 0.3) is 16.6 Å². The highest BCUT2D eigenvalue weighted by Gasteiger charge is 2.20. The molecule has 5 rings (SSSR count). The number of benzene rings is 2. The van der Waals surface area contributed by atoms with Crippen molar-refractivity contribution in [2.45, 2.75) is 13.5 Å². The molecule has 1 saturated heterocycles. The van der Waals surface area contributed by atoms with Crippen molar-refractivity contribution in [3.63, 3.8) is 0 Å². The normalized spacial score (nSPS) is 15.1. The first-order chi connectivity index (χ1) is 14.7. The van der Waals surface area contributed by atoms with E-state index in [1.54, 1.807) is 0 Å². The van der Waals surface area contributed by atoms with Crippen LogP contribution in [0.3, 0.4) is 0 Å². The summed E-state index contributed by atoms with van der Waals surface area (Å²) >= 11 is 6.13. The number of piperazine rings is 1. The highest BCUT2D eigenvalue weighted by atomic mass is 35.5. The van der Waals surface area contributed by atoms with Crippen molar-refractivity contribution >= 4 is 28.2 Å². The number of fused-ring (bicyclic) bond motifs is 1. The van der Waals surface area contributed by atoms with Gasteiger partial charge >= 0.3 is 0 Å². The van der Waals surface area contributed by atoms with E-state index in [-0.39, 0.29) is 0 Å². The topological polar surface area (TPSA) is 50.1 Å². The van der Waals surface area contributed by atoms with E-state index >= 15 is 0 Å². The van der Waals surface area contributed by atoms with Gasteiger partial charge in [0.25, 0.3) is 0 Å². The van der Waals surface area contributed by atoms with Gasteiger partial charge in [-0.25, -0.2) is 4.68 Å². The largest absolute Gasteiger partial charge is 0.368 e. The Morgan fingerprint density at radius 2 is 1.80 bits per heavy atom. The Morgan fingerprint density at radius 3 is 2.63 bits per heavy atom. The van der Waals surface area contributed by atoms with Crippen molar-refractivity contribution < 1.29 is 0 Å². The Labute approximate surface area is 180 Å². The van der Waals surface area contributed by atoms with Crippen molar-refractivity contribution in [3.05, 3.63) is 77.2 Å². The van der Waals surface area contributed by atoms with Gasteiger partial charge in [-0.15, -0.1) is 5.10 Å². The maximum atomic E-state index is 6.13. The summed E-state index contributed by atoms with van der Waals surface area (Å²) in [6, 6.07) is 16.2. The standard InChI is InChI=1S/C23H23ClN6/c1-17-4-2-3-5-22(17)30-16-19(26-27-30)15-28-10-12-29(13-11-28)23-8-9-25-21-14-18(24)6-7-20(21)23/h2-9,14,16H,10-13,15H2,1H3. The van der Waals surface area contributed by atoms with Crippen LogP contribution in [0.1, 0.15) is 11.3 Å². The summed E-state index contributed by atoms with van der Waals surface area (Å²) in [6.45, 7) is 6.80. The number of hydrogen-bond acceptors (Lipinski definition) is 5. The first-order valence-electron chi connectivity index (χ1n) is 10.2.